The lowest BCUT2D eigenvalue weighted by Crippen LogP contribution is -2.35. The Labute approximate surface area is 162 Å². The molecule has 0 amide bonds. The highest BCUT2D eigenvalue weighted by Crippen LogP contribution is 2.30. The van der Waals surface area contributed by atoms with Crippen LogP contribution in [0, 0.1) is 5.92 Å². The fourth-order valence-electron chi connectivity index (χ4n) is 3.74. The van der Waals surface area contributed by atoms with Gasteiger partial charge in [0.1, 0.15) is 0 Å². The molecular weight excluding hydrogens is 336 g/mol. The van der Waals surface area contributed by atoms with Crippen molar-refractivity contribution in [3.05, 3.63) is 65.5 Å². The summed E-state index contributed by atoms with van der Waals surface area (Å²) in [6.07, 6.45) is 4.98. The number of likely N-dealkylation sites (tertiary alicyclic amines) is 1. The van der Waals surface area contributed by atoms with Crippen LogP contribution >= 0.6 is 0 Å². The number of pyridine rings is 1. The minimum Gasteiger partial charge on any atom is -0.390 e. The van der Waals surface area contributed by atoms with Crippen molar-refractivity contribution in [2.75, 3.05) is 13.1 Å². The Kier molecular flexibility index (Phi) is 6.64. The zero-order valence-electron chi connectivity index (χ0n) is 16.5. The van der Waals surface area contributed by atoms with E-state index in [-0.39, 0.29) is 0 Å². The first-order valence-corrected chi connectivity index (χ1v) is 10.0. The van der Waals surface area contributed by atoms with E-state index in [1.807, 2.05) is 32.0 Å². The lowest BCUT2D eigenvalue weighted by molar-refractivity contribution is 0.0540. The largest absolute Gasteiger partial charge is 0.390 e. The maximum Gasteiger partial charge on any atom is 0.0988 e. The lowest BCUT2D eigenvalue weighted by Gasteiger charge is -2.34. The number of hydrogen-bond donors (Lipinski definition) is 2. The van der Waals surface area contributed by atoms with E-state index in [9.17, 15) is 10.2 Å². The number of nitrogens with zero attached hydrogens (tertiary/aromatic N) is 2. The van der Waals surface area contributed by atoms with Gasteiger partial charge < -0.3 is 10.2 Å². The van der Waals surface area contributed by atoms with Gasteiger partial charge in [0.25, 0.3) is 0 Å². The summed E-state index contributed by atoms with van der Waals surface area (Å²) in [4.78, 5) is 6.77. The molecule has 2 aromatic rings. The highest BCUT2D eigenvalue weighted by molar-refractivity contribution is 5.23. The van der Waals surface area contributed by atoms with E-state index < -0.39 is 11.7 Å². The third-order valence-electron chi connectivity index (χ3n) is 5.52. The highest BCUT2D eigenvalue weighted by atomic mass is 16.3. The van der Waals surface area contributed by atoms with Crippen molar-refractivity contribution in [3.8, 4) is 0 Å². The van der Waals surface area contributed by atoms with Crippen molar-refractivity contribution < 1.29 is 10.2 Å². The Hall–Kier alpha value is -1.75. The van der Waals surface area contributed by atoms with Crippen LogP contribution in [0.25, 0.3) is 0 Å². The zero-order valence-corrected chi connectivity index (χ0v) is 16.5. The van der Waals surface area contributed by atoms with Gasteiger partial charge in [-0.2, -0.15) is 0 Å². The van der Waals surface area contributed by atoms with Crippen molar-refractivity contribution in [2.24, 2.45) is 5.92 Å². The molecule has 1 aromatic carbocycles. The number of hydrogen-bond acceptors (Lipinski definition) is 4. The zero-order chi connectivity index (χ0) is 19.3. The second-order valence-electron chi connectivity index (χ2n) is 8.44. The molecule has 1 aliphatic rings. The molecule has 1 aliphatic heterocycles. The Bertz CT molecular complexity index is 687. The van der Waals surface area contributed by atoms with Gasteiger partial charge in [-0.15, -0.1) is 0 Å². The predicted octanol–water partition coefficient (Wildman–Crippen LogP) is 3.73. The summed E-state index contributed by atoms with van der Waals surface area (Å²) in [5.41, 5.74) is 2.78. The third kappa shape index (κ3) is 6.13. The smallest absolute Gasteiger partial charge is 0.0988 e. The number of aromatic nitrogens is 1. The van der Waals surface area contributed by atoms with Gasteiger partial charge in [0.2, 0.25) is 0 Å². The number of aryl methyl sites for hydroxylation is 1. The van der Waals surface area contributed by atoms with Crippen LogP contribution in [0.3, 0.4) is 0 Å². The molecule has 0 aliphatic carbocycles. The predicted molar refractivity (Wildman–Crippen MR) is 108 cm³/mol. The molecule has 1 aromatic heterocycles. The second-order valence-corrected chi connectivity index (χ2v) is 8.44. The van der Waals surface area contributed by atoms with Crippen LogP contribution in [0.2, 0.25) is 0 Å². The molecule has 0 bridgehead atoms. The van der Waals surface area contributed by atoms with E-state index in [1.165, 1.54) is 11.1 Å². The SMILES string of the molecule is CC(C)(O)CCc1ccc(CN2CCC([C@H](O)c3ccccn3)CC2)cc1. The summed E-state index contributed by atoms with van der Waals surface area (Å²) >= 11 is 0. The maximum atomic E-state index is 10.6. The molecule has 4 heteroatoms. The Morgan fingerprint density at radius 1 is 1.07 bits per heavy atom. The fourth-order valence-corrected chi connectivity index (χ4v) is 3.74. The van der Waals surface area contributed by atoms with E-state index in [2.05, 4.69) is 34.1 Å². The van der Waals surface area contributed by atoms with Crippen LogP contribution in [-0.2, 0) is 13.0 Å². The molecule has 3 rings (SSSR count). The number of aliphatic hydroxyl groups is 2. The number of rotatable bonds is 7. The standard InChI is InChI=1S/C23H32N2O2/c1-23(2,27)13-10-18-6-8-19(9-7-18)17-25-15-11-20(12-16-25)22(26)21-5-3-4-14-24-21/h3-9,14,20,22,26-27H,10-13,15-17H2,1-2H3/t22-/m0/s1. The van der Waals surface area contributed by atoms with E-state index in [4.69, 9.17) is 0 Å². The Morgan fingerprint density at radius 3 is 2.33 bits per heavy atom. The van der Waals surface area contributed by atoms with Gasteiger partial charge in [0.15, 0.2) is 0 Å². The van der Waals surface area contributed by atoms with E-state index >= 15 is 0 Å². The summed E-state index contributed by atoms with van der Waals surface area (Å²) in [6, 6.07) is 14.5. The average molecular weight is 369 g/mol. The minimum atomic E-state index is -0.608. The first-order chi connectivity index (χ1) is 12.9. The summed E-state index contributed by atoms with van der Waals surface area (Å²) in [5.74, 6) is 0.292. The van der Waals surface area contributed by atoms with Gasteiger partial charge in [-0.05, 0) is 81.8 Å². The van der Waals surface area contributed by atoms with Gasteiger partial charge in [0.05, 0.1) is 17.4 Å². The molecule has 4 nitrogen and oxygen atoms in total. The normalized spacial score (nSPS) is 17.8. The summed E-state index contributed by atoms with van der Waals surface area (Å²) in [7, 11) is 0. The van der Waals surface area contributed by atoms with Gasteiger partial charge in [-0.3, -0.25) is 9.88 Å². The number of piperidine rings is 1. The van der Waals surface area contributed by atoms with Crippen molar-refractivity contribution in [3.63, 3.8) is 0 Å². The van der Waals surface area contributed by atoms with Crippen LogP contribution in [0.5, 0.6) is 0 Å². The van der Waals surface area contributed by atoms with Crippen molar-refractivity contribution in [1.82, 2.24) is 9.88 Å². The third-order valence-corrected chi connectivity index (χ3v) is 5.52. The quantitative estimate of drug-likeness (QED) is 0.782. The molecule has 0 radical (unpaired) electrons. The second kappa shape index (κ2) is 8.96. The van der Waals surface area contributed by atoms with Crippen LogP contribution in [0.1, 0.15) is 56.0 Å². The number of aliphatic hydroxyl groups excluding tert-OH is 1. The molecule has 1 saturated heterocycles. The first-order valence-electron chi connectivity index (χ1n) is 10.0. The van der Waals surface area contributed by atoms with Crippen molar-refractivity contribution >= 4 is 0 Å². The highest BCUT2D eigenvalue weighted by Gasteiger charge is 2.26. The monoisotopic (exact) mass is 368 g/mol. The summed E-state index contributed by atoms with van der Waals surface area (Å²) in [6.45, 7) is 6.69. The molecule has 0 saturated carbocycles. The van der Waals surface area contributed by atoms with Gasteiger partial charge in [-0.25, -0.2) is 0 Å². The molecule has 1 atom stereocenters. The molecule has 27 heavy (non-hydrogen) atoms. The van der Waals surface area contributed by atoms with Crippen molar-refractivity contribution in [1.29, 1.82) is 0 Å². The van der Waals surface area contributed by atoms with Gasteiger partial charge in [-0.1, -0.05) is 30.3 Å². The molecule has 0 unspecified atom stereocenters. The van der Waals surface area contributed by atoms with Crippen molar-refractivity contribution in [2.45, 2.75) is 57.8 Å². The molecule has 146 valence electrons. The molecule has 2 heterocycles. The van der Waals surface area contributed by atoms with Crippen LogP contribution in [-0.4, -0.2) is 38.8 Å². The molecule has 0 spiro atoms. The van der Waals surface area contributed by atoms with E-state index in [0.29, 0.717) is 5.92 Å². The van der Waals surface area contributed by atoms with E-state index in [0.717, 1.165) is 51.0 Å². The molecular formula is C23H32N2O2. The van der Waals surface area contributed by atoms with Crippen LogP contribution < -0.4 is 0 Å². The summed E-state index contributed by atoms with van der Waals surface area (Å²) in [5, 5.41) is 20.4. The van der Waals surface area contributed by atoms with E-state index in [1.54, 1.807) is 6.20 Å². The molecule has 1 fully saturated rings. The van der Waals surface area contributed by atoms with Gasteiger partial charge in [0, 0.05) is 12.7 Å². The van der Waals surface area contributed by atoms with Crippen LogP contribution in [0.4, 0.5) is 0 Å². The number of benzene rings is 1. The molecule has 2 N–H and O–H groups in total. The lowest BCUT2D eigenvalue weighted by atomic mass is 9.89. The topological polar surface area (TPSA) is 56.6 Å². The minimum absolute atomic E-state index is 0.292. The Morgan fingerprint density at radius 2 is 1.74 bits per heavy atom. The summed E-state index contributed by atoms with van der Waals surface area (Å²) < 4.78 is 0. The maximum absolute atomic E-state index is 10.6. The fraction of sp³-hybridized carbons (Fsp3) is 0.522. The van der Waals surface area contributed by atoms with Gasteiger partial charge >= 0.3 is 0 Å². The average Bonchev–Trinajstić information content (AvgIpc) is 2.68. The Balaban J connectivity index is 1.46. The first kappa shape index (κ1) is 20.0. The van der Waals surface area contributed by atoms with Crippen LogP contribution in [0.15, 0.2) is 48.7 Å².